The summed E-state index contributed by atoms with van der Waals surface area (Å²) in [5.41, 5.74) is 0.868. The van der Waals surface area contributed by atoms with E-state index in [0.29, 0.717) is 53.9 Å². The number of likely N-dealkylation sites (N-methyl/N-ethyl adjacent to an activating group) is 1. The van der Waals surface area contributed by atoms with Crippen LogP contribution in [0.4, 0.5) is 0 Å². The normalized spacial score (nSPS) is 19.0. The fraction of sp³-hybridized carbons (Fsp3) is 0.360. The van der Waals surface area contributed by atoms with Crippen molar-refractivity contribution in [3.05, 3.63) is 53.1 Å². The average molecular weight is 469 g/mol. The minimum atomic E-state index is -0.863. The first-order chi connectivity index (χ1) is 16.4. The summed E-state index contributed by atoms with van der Waals surface area (Å²) in [4.78, 5) is 29.8. The molecule has 2 aromatic carbocycles. The van der Waals surface area contributed by atoms with Gasteiger partial charge in [-0.3, -0.25) is 9.59 Å². The minimum Gasteiger partial charge on any atom is -0.507 e. The molecular formula is C25H28N2O7. The molecule has 0 radical (unpaired) electrons. The molecule has 2 aliphatic rings. The van der Waals surface area contributed by atoms with Crippen LogP contribution in [0.1, 0.15) is 17.2 Å². The zero-order valence-electron chi connectivity index (χ0n) is 19.7. The molecule has 9 heteroatoms. The molecule has 1 amide bonds. The van der Waals surface area contributed by atoms with Crippen molar-refractivity contribution in [2.24, 2.45) is 0 Å². The molecule has 0 saturated carbocycles. The van der Waals surface area contributed by atoms with Crippen LogP contribution >= 0.6 is 0 Å². The molecule has 1 N–H and O–H groups in total. The van der Waals surface area contributed by atoms with Crippen LogP contribution in [-0.2, 0) is 9.59 Å². The molecule has 0 aliphatic carbocycles. The summed E-state index contributed by atoms with van der Waals surface area (Å²) in [6, 6.07) is 9.30. The second-order valence-corrected chi connectivity index (χ2v) is 8.24. The first-order valence-electron chi connectivity index (χ1n) is 10.9. The lowest BCUT2D eigenvalue weighted by Gasteiger charge is -2.28. The molecule has 1 saturated heterocycles. The SMILES string of the molecule is COc1cccc(C2/C(=C(/O)c3ccc4c(c3)OCCO4)C(=O)C(=O)N2CCN(C)C)c1OC. The van der Waals surface area contributed by atoms with E-state index in [4.69, 9.17) is 18.9 Å². The lowest BCUT2D eigenvalue weighted by atomic mass is 9.94. The quantitative estimate of drug-likeness (QED) is 0.376. The molecule has 0 aromatic heterocycles. The Bertz CT molecular complexity index is 1140. The molecule has 0 spiro atoms. The van der Waals surface area contributed by atoms with E-state index in [-0.39, 0.29) is 17.9 Å². The Kier molecular flexibility index (Phi) is 6.65. The maximum atomic E-state index is 13.3. The highest BCUT2D eigenvalue weighted by molar-refractivity contribution is 6.46. The van der Waals surface area contributed by atoms with Crippen molar-refractivity contribution < 1.29 is 33.6 Å². The maximum Gasteiger partial charge on any atom is 0.295 e. The van der Waals surface area contributed by atoms with Crippen molar-refractivity contribution in [2.45, 2.75) is 6.04 Å². The first-order valence-corrected chi connectivity index (χ1v) is 10.9. The van der Waals surface area contributed by atoms with E-state index in [9.17, 15) is 14.7 Å². The van der Waals surface area contributed by atoms with Gasteiger partial charge in [0.2, 0.25) is 0 Å². The summed E-state index contributed by atoms with van der Waals surface area (Å²) in [6.07, 6.45) is 0. The molecule has 2 aromatic rings. The van der Waals surface area contributed by atoms with E-state index in [2.05, 4.69) is 0 Å². The van der Waals surface area contributed by atoms with Gasteiger partial charge in [-0.05, 0) is 38.4 Å². The minimum absolute atomic E-state index is 0.0213. The second kappa shape index (κ2) is 9.64. The van der Waals surface area contributed by atoms with E-state index in [1.54, 1.807) is 36.4 Å². The molecule has 1 atom stereocenters. The van der Waals surface area contributed by atoms with Gasteiger partial charge < -0.3 is 33.9 Å². The van der Waals surface area contributed by atoms with E-state index >= 15 is 0 Å². The second-order valence-electron chi connectivity index (χ2n) is 8.24. The molecule has 34 heavy (non-hydrogen) atoms. The van der Waals surface area contributed by atoms with E-state index in [1.807, 2.05) is 19.0 Å². The molecule has 4 rings (SSSR count). The summed E-state index contributed by atoms with van der Waals surface area (Å²) in [5, 5.41) is 11.3. The lowest BCUT2D eigenvalue weighted by molar-refractivity contribution is -0.140. The number of hydrogen-bond donors (Lipinski definition) is 1. The van der Waals surface area contributed by atoms with Gasteiger partial charge in [-0.1, -0.05) is 12.1 Å². The molecule has 0 bridgehead atoms. The van der Waals surface area contributed by atoms with Crippen LogP contribution in [-0.4, -0.2) is 81.2 Å². The van der Waals surface area contributed by atoms with Gasteiger partial charge in [-0.25, -0.2) is 0 Å². The predicted molar refractivity (Wildman–Crippen MR) is 125 cm³/mol. The zero-order chi connectivity index (χ0) is 24.4. The van der Waals surface area contributed by atoms with Gasteiger partial charge in [0, 0.05) is 24.2 Å². The Morgan fingerprint density at radius 2 is 1.82 bits per heavy atom. The topological polar surface area (TPSA) is 97.8 Å². The zero-order valence-corrected chi connectivity index (χ0v) is 19.7. The number of nitrogens with zero attached hydrogens (tertiary/aromatic N) is 2. The first kappa shape index (κ1) is 23.4. The Morgan fingerprint density at radius 3 is 2.50 bits per heavy atom. The Balaban J connectivity index is 1.89. The number of benzene rings is 2. The predicted octanol–water partition coefficient (Wildman–Crippen LogP) is 2.46. The molecule has 9 nitrogen and oxygen atoms in total. The van der Waals surface area contributed by atoms with Crippen molar-refractivity contribution in [1.82, 2.24) is 9.80 Å². The summed E-state index contributed by atoms with van der Waals surface area (Å²) < 4.78 is 22.2. The fourth-order valence-corrected chi connectivity index (χ4v) is 4.22. The van der Waals surface area contributed by atoms with Gasteiger partial charge in [-0.15, -0.1) is 0 Å². The van der Waals surface area contributed by atoms with Crippen LogP contribution in [0.25, 0.3) is 5.76 Å². The van der Waals surface area contributed by atoms with Gasteiger partial charge in [0.15, 0.2) is 23.0 Å². The number of ether oxygens (including phenoxy) is 4. The number of fused-ring (bicyclic) bond motifs is 1. The summed E-state index contributed by atoms with van der Waals surface area (Å²) in [6.45, 7) is 1.62. The molecule has 2 heterocycles. The third kappa shape index (κ3) is 4.14. The molecule has 1 fully saturated rings. The number of hydrogen-bond acceptors (Lipinski definition) is 8. The van der Waals surface area contributed by atoms with Crippen molar-refractivity contribution in [3.8, 4) is 23.0 Å². The number of carbonyl (C=O) groups excluding carboxylic acids is 2. The number of Topliss-reactive ketones (excluding diaryl/α,β-unsaturated/α-hetero) is 1. The van der Waals surface area contributed by atoms with Crippen molar-refractivity contribution in [3.63, 3.8) is 0 Å². The Labute approximate surface area is 198 Å². The van der Waals surface area contributed by atoms with Crippen molar-refractivity contribution in [2.75, 3.05) is 54.6 Å². The van der Waals surface area contributed by atoms with Crippen molar-refractivity contribution in [1.29, 1.82) is 0 Å². The third-order valence-corrected chi connectivity index (χ3v) is 5.87. The van der Waals surface area contributed by atoms with Crippen LogP contribution in [0, 0.1) is 0 Å². The number of carbonyl (C=O) groups is 2. The Morgan fingerprint density at radius 1 is 1.09 bits per heavy atom. The fourth-order valence-electron chi connectivity index (χ4n) is 4.22. The van der Waals surface area contributed by atoms with E-state index < -0.39 is 17.7 Å². The lowest BCUT2D eigenvalue weighted by Crippen LogP contribution is -2.35. The molecule has 180 valence electrons. The number of aliphatic hydroxyl groups excluding tert-OH is 1. The smallest absolute Gasteiger partial charge is 0.295 e. The van der Waals surface area contributed by atoms with Crippen LogP contribution < -0.4 is 18.9 Å². The van der Waals surface area contributed by atoms with Crippen LogP contribution in [0.3, 0.4) is 0 Å². The number of amides is 1. The average Bonchev–Trinajstić information content (AvgIpc) is 3.10. The van der Waals surface area contributed by atoms with Crippen LogP contribution in [0.5, 0.6) is 23.0 Å². The largest absolute Gasteiger partial charge is 0.507 e. The number of likely N-dealkylation sites (tertiary alicyclic amines) is 1. The van der Waals surface area contributed by atoms with E-state index in [1.165, 1.54) is 19.1 Å². The summed E-state index contributed by atoms with van der Waals surface area (Å²) >= 11 is 0. The van der Waals surface area contributed by atoms with Crippen molar-refractivity contribution >= 4 is 17.4 Å². The number of methoxy groups -OCH3 is 2. The standard InChI is InChI=1S/C25H28N2O7/c1-26(2)10-11-27-21(16-6-5-7-18(31-3)24(16)32-4)20(23(29)25(27)30)22(28)15-8-9-17-19(14-15)34-13-12-33-17/h5-9,14,21,28H,10-13H2,1-4H3/b22-20-. The van der Waals surface area contributed by atoms with Crippen LogP contribution in [0.15, 0.2) is 42.0 Å². The third-order valence-electron chi connectivity index (χ3n) is 5.87. The molecule has 2 aliphatic heterocycles. The maximum absolute atomic E-state index is 13.3. The van der Waals surface area contributed by atoms with Gasteiger partial charge in [0.1, 0.15) is 19.0 Å². The summed E-state index contributed by atoms with van der Waals surface area (Å²) in [5.74, 6) is 0.125. The number of para-hydroxylation sites is 1. The summed E-state index contributed by atoms with van der Waals surface area (Å²) in [7, 11) is 6.77. The van der Waals surface area contributed by atoms with Gasteiger partial charge in [0.05, 0.1) is 25.8 Å². The monoisotopic (exact) mass is 468 g/mol. The Hall–Kier alpha value is -3.72. The van der Waals surface area contributed by atoms with Gasteiger partial charge in [-0.2, -0.15) is 0 Å². The van der Waals surface area contributed by atoms with Gasteiger partial charge >= 0.3 is 0 Å². The number of rotatable bonds is 7. The molecule has 1 unspecified atom stereocenters. The van der Waals surface area contributed by atoms with E-state index in [0.717, 1.165) is 0 Å². The highest BCUT2D eigenvalue weighted by Gasteiger charge is 2.47. The van der Waals surface area contributed by atoms with Gasteiger partial charge in [0.25, 0.3) is 11.7 Å². The number of aliphatic hydroxyl groups is 1. The highest BCUT2D eigenvalue weighted by Crippen LogP contribution is 2.46. The number of ketones is 1. The molecular weight excluding hydrogens is 440 g/mol. The highest BCUT2D eigenvalue weighted by atomic mass is 16.6. The van der Waals surface area contributed by atoms with Crippen LogP contribution in [0.2, 0.25) is 0 Å².